The molecule has 0 spiro atoms. The lowest BCUT2D eigenvalue weighted by Gasteiger charge is -2.18. The molecule has 0 bridgehead atoms. The minimum Gasteiger partial charge on any atom is -0.465 e. The van der Waals surface area contributed by atoms with Crippen molar-refractivity contribution in [3.63, 3.8) is 0 Å². The number of anilines is 1. The van der Waals surface area contributed by atoms with Gasteiger partial charge in [0.15, 0.2) is 0 Å². The number of rotatable bonds is 8. The van der Waals surface area contributed by atoms with Crippen LogP contribution >= 0.6 is 0 Å². The molecule has 0 fully saturated rings. The van der Waals surface area contributed by atoms with Crippen molar-refractivity contribution in [1.29, 1.82) is 0 Å². The minimum absolute atomic E-state index is 0.278. The van der Waals surface area contributed by atoms with Crippen molar-refractivity contribution in [3.8, 4) is 0 Å². The highest BCUT2D eigenvalue weighted by atomic mass is 16.7. The van der Waals surface area contributed by atoms with Crippen molar-refractivity contribution in [2.75, 3.05) is 12.4 Å². The number of esters is 2. The van der Waals surface area contributed by atoms with Gasteiger partial charge in [-0.3, -0.25) is 10.1 Å². The molecule has 7 nitrogen and oxygen atoms in total. The van der Waals surface area contributed by atoms with E-state index in [9.17, 15) is 14.4 Å². The van der Waals surface area contributed by atoms with Crippen molar-refractivity contribution >= 4 is 23.7 Å². The van der Waals surface area contributed by atoms with E-state index in [1.807, 2.05) is 13.8 Å². The Hall–Kier alpha value is -2.57. The molecule has 0 aromatic heterocycles. The largest absolute Gasteiger partial charge is 0.465 e. The normalized spacial score (nSPS) is 11.3. The second-order valence-corrected chi connectivity index (χ2v) is 5.06. The van der Waals surface area contributed by atoms with Crippen molar-refractivity contribution in [2.45, 2.75) is 45.8 Å². The van der Waals surface area contributed by atoms with Crippen LogP contribution in [0.3, 0.4) is 0 Å². The van der Waals surface area contributed by atoms with Gasteiger partial charge >= 0.3 is 18.0 Å². The van der Waals surface area contributed by atoms with Gasteiger partial charge in [0.1, 0.15) is 0 Å². The number of hydrogen-bond donors (Lipinski definition) is 1. The molecule has 1 unspecified atom stereocenters. The first-order valence-corrected chi connectivity index (χ1v) is 7.85. The summed E-state index contributed by atoms with van der Waals surface area (Å²) in [5.74, 6) is -0.860. The van der Waals surface area contributed by atoms with Crippen LogP contribution in [0.25, 0.3) is 0 Å². The van der Waals surface area contributed by atoms with E-state index >= 15 is 0 Å². The molecule has 132 valence electrons. The highest BCUT2D eigenvalue weighted by molar-refractivity contribution is 5.91. The molecule has 1 N–H and O–H groups in total. The molecule has 1 rings (SSSR count). The van der Waals surface area contributed by atoms with Gasteiger partial charge in [0.25, 0.3) is 0 Å². The maximum absolute atomic E-state index is 11.9. The smallest absolute Gasteiger partial charge is 0.414 e. The number of benzene rings is 1. The molecule has 0 saturated heterocycles. The Balaban J connectivity index is 2.58. The number of ether oxygens (including phenoxy) is 3. The third-order valence-electron chi connectivity index (χ3n) is 3.03. The van der Waals surface area contributed by atoms with Crippen LogP contribution in [-0.2, 0) is 19.0 Å². The van der Waals surface area contributed by atoms with E-state index < -0.39 is 24.3 Å². The number of carbonyl (C=O) groups excluding carboxylic acids is 3. The fourth-order valence-electron chi connectivity index (χ4n) is 1.86. The first kappa shape index (κ1) is 19.5. The third kappa shape index (κ3) is 6.68. The van der Waals surface area contributed by atoms with Crippen LogP contribution in [0, 0.1) is 0 Å². The van der Waals surface area contributed by atoms with Gasteiger partial charge in [-0.1, -0.05) is 13.8 Å². The molecule has 1 amide bonds. The van der Waals surface area contributed by atoms with E-state index in [1.54, 1.807) is 12.1 Å². The van der Waals surface area contributed by atoms with Crippen LogP contribution in [0.15, 0.2) is 24.3 Å². The molecular formula is C17H23NO6. The lowest BCUT2D eigenvalue weighted by atomic mass is 10.2. The summed E-state index contributed by atoms with van der Waals surface area (Å²) in [6.07, 6.45) is 0.415. The van der Waals surface area contributed by atoms with Gasteiger partial charge in [0, 0.05) is 18.5 Å². The summed E-state index contributed by atoms with van der Waals surface area (Å²) in [5, 5.41) is 2.52. The molecule has 0 saturated carbocycles. The summed E-state index contributed by atoms with van der Waals surface area (Å²) < 4.78 is 14.8. The van der Waals surface area contributed by atoms with E-state index in [-0.39, 0.29) is 6.42 Å². The van der Waals surface area contributed by atoms with Gasteiger partial charge in [0.2, 0.25) is 6.29 Å². The second kappa shape index (κ2) is 10.3. The quantitative estimate of drug-likeness (QED) is 0.577. The van der Waals surface area contributed by atoms with Crippen LogP contribution in [0.5, 0.6) is 0 Å². The molecule has 7 heteroatoms. The molecule has 0 heterocycles. The summed E-state index contributed by atoms with van der Waals surface area (Å²) >= 11 is 0. The Labute approximate surface area is 141 Å². The summed E-state index contributed by atoms with van der Waals surface area (Å²) in [6, 6.07) is 6.13. The van der Waals surface area contributed by atoms with Crippen LogP contribution in [0.4, 0.5) is 10.5 Å². The zero-order chi connectivity index (χ0) is 17.9. The predicted octanol–water partition coefficient (Wildman–Crippen LogP) is 3.49. The highest BCUT2D eigenvalue weighted by Gasteiger charge is 2.18. The Morgan fingerprint density at radius 3 is 2.25 bits per heavy atom. The van der Waals surface area contributed by atoms with Crippen molar-refractivity contribution in [1.82, 2.24) is 0 Å². The number of carbonyl (C=O) groups is 3. The highest BCUT2D eigenvalue weighted by Crippen LogP contribution is 2.13. The van der Waals surface area contributed by atoms with Crippen LogP contribution in [0.2, 0.25) is 0 Å². The molecule has 1 aromatic carbocycles. The Bertz CT molecular complexity index is 555. The van der Waals surface area contributed by atoms with Crippen LogP contribution < -0.4 is 5.32 Å². The lowest BCUT2D eigenvalue weighted by molar-refractivity contribution is -0.168. The van der Waals surface area contributed by atoms with Gasteiger partial charge in [-0.25, -0.2) is 9.59 Å². The summed E-state index contributed by atoms with van der Waals surface area (Å²) in [7, 11) is 1.29. The summed E-state index contributed by atoms with van der Waals surface area (Å²) in [6.45, 7) is 3.76. The van der Waals surface area contributed by atoms with Crippen molar-refractivity contribution in [3.05, 3.63) is 29.8 Å². The lowest BCUT2D eigenvalue weighted by Crippen LogP contribution is -2.27. The van der Waals surface area contributed by atoms with Gasteiger partial charge < -0.3 is 14.2 Å². The monoisotopic (exact) mass is 337 g/mol. The minimum atomic E-state index is -0.914. The fourth-order valence-corrected chi connectivity index (χ4v) is 1.86. The molecule has 1 aromatic rings. The van der Waals surface area contributed by atoms with E-state index in [0.717, 1.165) is 0 Å². The first-order valence-electron chi connectivity index (χ1n) is 7.85. The number of nitrogens with one attached hydrogen (secondary N) is 1. The predicted molar refractivity (Wildman–Crippen MR) is 87.6 cm³/mol. The number of amides is 1. The van der Waals surface area contributed by atoms with E-state index in [2.05, 4.69) is 10.1 Å². The summed E-state index contributed by atoms with van der Waals surface area (Å²) in [4.78, 5) is 34.8. The first-order chi connectivity index (χ1) is 11.5. The Morgan fingerprint density at radius 2 is 1.71 bits per heavy atom. The molecule has 0 radical (unpaired) electrons. The number of methoxy groups -OCH3 is 1. The second-order valence-electron chi connectivity index (χ2n) is 5.06. The third-order valence-corrected chi connectivity index (χ3v) is 3.03. The topological polar surface area (TPSA) is 90.9 Å². The average Bonchev–Trinajstić information content (AvgIpc) is 2.55. The maximum Gasteiger partial charge on any atom is 0.414 e. The average molecular weight is 337 g/mol. The molecule has 0 aliphatic rings. The van der Waals surface area contributed by atoms with Gasteiger partial charge in [-0.15, -0.1) is 0 Å². The maximum atomic E-state index is 11.9. The Morgan fingerprint density at radius 1 is 1.04 bits per heavy atom. The molecule has 0 aliphatic heterocycles. The Kier molecular flexibility index (Phi) is 8.32. The van der Waals surface area contributed by atoms with Crippen LogP contribution in [0.1, 0.15) is 49.9 Å². The van der Waals surface area contributed by atoms with Gasteiger partial charge in [-0.2, -0.15) is 0 Å². The van der Waals surface area contributed by atoms with Crippen molar-refractivity contribution in [2.24, 2.45) is 0 Å². The van der Waals surface area contributed by atoms with Crippen LogP contribution in [-0.4, -0.2) is 31.4 Å². The molecule has 0 aliphatic carbocycles. The summed E-state index contributed by atoms with van der Waals surface area (Å²) in [5.41, 5.74) is 0.816. The molecule has 1 atom stereocenters. The SMILES string of the molecule is CCCC(=O)OC(CCC)OC(=O)Nc1ccc(C(=O)OC)cc1. The van der Waals surface area contributed by atoms with E-state index in [4.69, 9.17) is 9.47 Å². The van der Waals surface area contributed by atoms with E-state index in [0.29, 0.717) is 30.5 Å². The van der Waals surface area contributed by atoms with E-state index in [1.165, 1.54) is 19.2 Å². The number of hydrogen-bond acceptors (Lipinski definition) is 6. The zero-order valence-electron chi connectivity index (χ0n) is 14.2. The van der Waals surface area contributed by atoms with Gasteiger partial charge in [0.05, 0.1) is 12.7 Å². The van der Waals surface area contributed by atoms with Gasteiger partial charge in [-0.05, 0) is 37.1 Å². The van der Waals surface area contributed by atoms with Crippen molar-refractivity contribution < 1.29 is 28.6 Å². The molecule has 24 heavy (non-hydrogen) atoms. The fraction of sp³-hybridized carbons (Fsp3) is 0.471. The zero-order valence-corrected chi connectivity index (χ0v) is 14.2. The standard InChI is InChI=1S/C17H23NO6/c1-4-6-14(19)23-15(7-5-2)24-17(21)18-13-10-8-12(9-11-13)16(20)22-3/h8-11,15H,4-7H2,1-3H3,(H,18,21). The molecular weight excluding hydrogens is 314 g/mol.